The van der Waals surface area contributed by atoms with Crippen molar-refractivity contribution in [2.45, 2.75) is 39.7 Å². The second-order valence-electron chi connectivity index (χ2n) is 4.01. The first kappa shape index (κ1) is 11.9. The average Bonchev–Trinajstić information content (AvgIpc) is 2.00. The molecule has 0 aromatic heterocycles. The molecule has 0 aliphatic carbocycles. The molecule has 0 bridgehead atoms. The highest BCUT2D eigenvalue weighted by molar-refractivity contribution is 4.60. The van der Waals surface area contributed by atoms with Crippen molar-refractivity contribution in [3.63, 3.8) is 0 Å². The fourth-order valence-electron chi connectivity index (χ4n) is 1.06. The lowest BCUT2D eigenvalue weighted by Gasteiger charge is -2.20. The van der Waals surface area contributed by atoms with Gasteiger partial charge >= 0.3 is 0 Å². The van der Waals surface area contributed by atoms with E-state index in [1.54, 1.807) is 0 Å². The van der Waals surface area contributed by atoms with Crippen LogP contribution in [0.3, 0.4) is 0 Å². The van der Waals surface area contributed by atoms with Crippen LogP contribution in [0.25, 0.3) is 0 Å². The van der Waals surface area contributed by atoms with Gasteiger partial charge in [0.05, 0.1) is 6.10 Å². The van der Waals surface area contributed by atoms with Crippen molar-refractivity contribution >= 4 is 0 Å². The van der Waals surface area contributed by atoms with Gasteiger partial charge in [0.15, 0.2) is 0 Å². The summed E-state index contributed by atoms with van der Waals surface area (Å²) in [4.78, 5) is 2.20. The largest absolute Gasteiger partial charge is 0.392 e. The van der Waals surface area contributed by atoms with Crippen LogP contribution in [-0.2, 0) is 0 Å². The quantitative estimate of drug-likeness (QED) is 0.661. The lowest BCUT2D eigenvalue weighted by Crippen LogP contribution is -2.30. The van der Waals surface area contributed by atoms with E-state index >= 15 is 0 Å². The third-order valence-corrected chi connectivity index (χ3v) is 2.08. The molecule has 1 atom stereocenters. The molecule has 0 aliphatic rings. The van der Waals surface area contributed by atoms with E-state index in [-0.39, 0.29) is 6.10 Å². The second-order valence-corrected chi connectivity index (χ2v) is 4.01. The fraction of sp³-hybridized carbons (Fsp3) is 1.00. The number of hydrogen-bond donors (Lipinski definition) is 1. The molecule has 2 nitrogen and oxygen atoms in total. The molecule has 0 saturated heterocycles. The molecule has 0 spiro atoms. The SMILES string of the molecule is CCC(O)CN(C)CCC(C)C. The Balaban J connectivity index is 3.39. The molecule has 0 aromatic carbocycles. The van der Waals surface area contributed by atoms with E-state index in [9.17, 15) is 5.11 Å². The number of aliphatic hydroxyl groups excluding tert-OH is 1. The summed E-state index contributed by atoms with van der Waals surface area (Å²) in [5.74, 6) is 0.756. The van der Waals surface area contributed by atoms with Crippen LogP contribution >= 0.6 is 0 Å². The van der Waals surface area contributed by atoms with Crippen LogP contribution < -0.4 is 0 Å². The third-order valence-electron chi connectivity index (χ3n) is 2.08. The maximum absolute atomic E-state index is 9.35. The van der Waals surface area contributed by atoms with Gasteiger partial charge in [-0.2, -0.15) is 0 Å². The summed E-state index contributed by atoms with van der Waals surface area (Å²) >= 11 is 0. The first-order valence-electron chi connectivity index (χ1n) is 4.92. The molecule has 0 aromatic rings. The van der Waals surface area contributed by atoms with Gasteiger partial charge in [0.2, 0.25) is 0 Å². The molecule has 1 N–H and O–H groups in total. The zero-order chi connectivity index (χ0) is 9.56. The van der Waals surface area contributed by atoms with Crippen molar-refractivity contribution in [1.29, 1.82) is 0 Å². The number of rotatable bonds is 6. The predicted octanol–water partition coefficient (Wildman–Crippen LogP) is 1.74. The highest BCUT2D eigenvalue weighted by Gasteiger charge is 2.05. The van der Waals surface area contributed by atoms with Crippen LogP contribution in [0.4, 0.5) is 0 Å². The summed E-state index contributed by atoms with van der Waals surface area (Å²) in [5.41, 5.74) is 0. The van der Waals surface area contributed by atoms with E-state index in [4.69, 9.17) is 0 Å². The van der Waals surface area contributed by atoms with Crippen LogP contribution in [0, 0.1) is 5.92 Å². The highest BCUT2D eigenvalue weighted by Crippen LogP contribution is 2.01. The Morgan fingerprint density at radius 3 is 2.33 bits per heavy atom. The monoisotopic (exact) mass is 173 g/mol. The zero-order valence-electron chi connectivity index (χ0n) is 8.88. The molecule has 0 saturated carbocycles. The van der Waals surface area contributed by atoms with E-state index in [0.717, 1.165) is 25.4 Å². The normalized spacial score (nSPS) is 14.2. The third kappa shape index (κ3) is 6.62. The van der Waals surface area contributed by atoms with Gasteiger partial charge < -0.3 is 10.0 Å². The smallest absolute Gasteiger partial charge is 0.0664 e. The summed E-state index contributed by atoms with van der Waals surface area (Å²) in [7, 11) is 2.07. The number of hydrogen-bond acceptors (Lipinski definition) is 2. The molecule has 0 heterocycles. The average molecular weight is 173 g/mol. The van der Waals surface area contributed by atoms with Gasteiger partial charge in [0.1, 0.15) is 0 Å². The van der Waals surface area contributed by atoms with Gasteiger partial charge in [-0.05, 0) is 32.4 Å². The minimum absolute atomic E-state index is 0.151. The maximum Gasteiger partial charge on any atom is 0.0664 e. The van der Waals surface area contributed by atoms with Crippen LogP contribution in [0.15, 0.2) is 0 Å². The summed E-state index contributed by atoms with van der Waals surface area (Å²) in [6, 6.07) is 0. The molecule has 0 amide bonds. The molecular formula is C10H23NO. The number of nitrogens with zero attached hydrogens (tertiary/aromatic N) is 1. The van der Waals surface area contributed by atoms with Gasteiger partial charge in [-0.3, -0.25) is 0 Å². The second kappa shape index (κ2) is 6.44. The van der Waals surface area contributed by atoms with E-state index in [1.807, 2.05) is 6.92 Å². The molecule has 0 fully saturated rings. The Morgan fingerprint density at radius 1 is 1.33 bits per heavy atom. The molecular weight excluding hydrogens is 150 g/mol. The van der Waals surface area contributed by atoms with E-state index < -0.39 is 0 Å². The molecule has 2 heteroatoms. The van der Waals surface area contributed by atoms with E-state index in [0.29, 0.717) is 0 Å². The summed E-state index contributed by atoms with van der Waals surface area (Å²) < 4.78 is 0. The Morgan fingerprint density at radius 2 is 1.92 bits per heavy atom. The Hall–Kier alpha value is -0.0800. The molecule has 0 radical (unpaired) electrons. The van der Waals surface area contributed by atoms with Crippen LogP contribution in [0.2, 0.25) is 0 Å². The minimum Gasteiger partial charge on any atom is -0.392 e. The lowest BCUT2D eigenvalue weighted by molar-refractivity contribution is 0.120. The number of aliphatic hydroxyl groups is 1. The molecule has 12 heavy (non-hydrogen) atoms. The summed E-state index contributed by atoms with van der Waals surface area (Å²) in [5, 5.41) is 9.35. The Kier molecular flexibility index (Phi) is 6.39. The van der Waals surface area contributed by atoms with Crippen molar-refractivity contribution in [3.8, 4) is 0 Å². The first-order chi connectivity index (χ1) is 5.56. The van der Waals surface area contributed by atoms with Gasteiger partial charge in [-0.15, -0.1) is 0 Å². The van der Waals surface area contributed by atoms with E-state index in [2.05, 4.69) is 25.8 Å². The van der Waals surface area contributed by atoms with Crippen molar-refractivity contribution in [1.82, 2.24) is 4.90 Å². The topological polar surface area (TPSA) is 23.5 Å². The standard InChI is InChI=1S/C10H23NO/c1-5-10(12)8-11(4)7-6-9(2)3/h9-10,12H,5-8H2,1-4H3. The molecule has 1 unspecified atom stereocenters. The summed E-state index contributed by atoms with van der Waals surface area (Å²) in [6.45, 7) is 8.37. The van der Waals surface area contributed by atoms with Crippen molar-refractivity contribution in [2.24, 2.45) is 5.92 Å². The summed E-state index contributed by atoms with van der Waals surface area (Å²) in [6.07, 6.45) is 1.92. The van der Waals surface area contributed by atoms with Gasteiger partial charge in [0.25, 0.3) is 0 Å². The van der Waals surface area contributed by atoms with Crippen LogP contribution in [0.1, 0.15) is 33.6 Å². The lowest BCUT2D eigenvalue weighted by atomic mass is 10.1. The van der Waals surface area contributed by atoms with Crippen molar-refractivity contribution < 1.29 is 5.11 Å². The fourth-order valence-corrected chi connectivity index (χ4v) is 1.06. The van der Waals surface area contributed by atoms with Gasteiger partial charge in [-0.1, -0.05) is 20.8 Å². The number of likely N-dealkylation sites (N-methyl/N-ethyl adjacent to an activating group) is 1. The van der Waals surface area contributed by atoms with Gasteiger partial charge in [0, 0.05) is 6.54 Å². The Labute approximate surface area is 76.6 Å². The van der Waals surface area contributed by atoms with Crippen LogP contribution in [0.5, 0.6) is 0 Å². The molecule has 0 rings (SSSR count). The van der Waals surface area contributed by atoms with Crippen LogP contribution in [-0.4, -0.2) is 36.2 Å². The maximum atomic E-state index is 9.35. The molecule has 74 valence electrons. The van der Waals surface area contributed by atoms with Gasteiger partial charge in [-0.25, -0.2) is 0 Å². The first-order valence-corrected chi connectivity index (χ1v) is 4.92. The predicted molar refractivity (Wildman–Crippen MR) is 53.2 cm³/mol. The van der Waals surface area contributed by atoms with Crippen molar-refractivity contribution in [3.05, 3.63) is 0 Å². The highest BCUT2D eigenvalue weighted by atomic mass is 16.3. The Bertz CT molecular complexity index is 104. The van der Waals surface area contributed by atoms with Crippen molar-refractivity contribution in [2.75, 3.05) is 20.1 Å². The zero-order valence-corrected chi connectivity index (χ0v) is 8.88. The molecule has 0 aliphatic heterocycles. The van der Waals surface area contributed by atoms with E-state index in [1.165, 1.54) is 6.42 Å². The minimum atomic E-state index is -0.151.